The first-order valence-corrected chi connectivity index (χ1v) is 19.2. The third kappa shape index (κ3) is 6.54. The summed E-state index contributed by atoms with van der Waals surface area (Å²) in [6.07, 6.45) is -2.03. The number of fused-ring (bicyclic) bond motifs is 3. The fourth-order valence-electron chi connectivity index (χ4n) is 8.09. The summed E-state index contributed by atoms with van der Waals surface area (Å²) in [5.41, 5.74) is -0.132. The van der Waals surface area contributed by atoms with Crippen LogP contribution in [0.25, 0.3) is 16.5 Å². The molecule has 1 aromatic carbocycles. The highest BCUT2D eigenvalue weighted by Crippen LogP contribution is 2.51. The van der Waals surface area contributed by atoms with Crippen molar-refractivity contribution in [3.05, 3.63) is 73.8 Å². The van der Waals surface area contributed by atoms with Gasteiger partial charge in [0.15, 0.2) is 22.4 Å². The second-order valence-electron chi connectivity index (χ2n) is 14.4. The zero-order valence-corrected chi connectivity index (χ0v) is 32.1. The molecule has 4 aromatic heterocycles. The zero-order chi connectivity index (χ0) is 39.7. The summed E-state index contributed by atoms with van der Waals surface area (Å²) >= 11 is 7.58. The Balaban J connectivity index is 1.18. The number of alkyl halides is 3. The van der Waals surface area contributed by atoms with Crippen LogP contribution >= 0.6 is 22.9 Å². The molecule has 15 nitrogen and oxygen atoms in total. The number of carbonyl (C=O) groups excluding carboxylic acids is 2. The smallest absolute Gasteiger partial charge is 0.416 e. The number of aromatic nitrogens is 7. The molecule has 6 heterocycles. The van der Waals surface area contributed by atoms with E-state index in [4.69, 9.17) is 31.4 Å². The molecule has 1 aliphatic carbocycles. The highest BCUT2D eigenvalue weighted by molar-refractivity contribution is 7.19. The van der Waals surface area contributed by atoms with Gasteiger partial charge in [0.2, 0.25) is 11.7 Å². The van der Waals surface area contributed by atoms with Crippen molar-refractivity contribution >= 4 is 51.3 Å². The minimum Gasteiger partial charge on any atom is -0.504 e. The average Bonchev–Trinajstić information content (AvgIpc) is 3.86. The first-order valence-electron chi connectivity index (χ1n) is 18.0. The van der Waals surface area contributed by atoms with Gasteiger partial charge in [0.25, 0.3) is 11.5 Å². The third-order valence-corrected chi connectivity index (χ3v) is 12.4. The van der Waals surface area contributed by atoms with Crippen molar-refractivity contribution in [2.75, 3.05) is 49.6 Å². The number of likely N-dealkylation sites (tertiary alicyclic amines) is 1. The van der Waals surface area contributed by atoms with Gasteiger partial charge in [-0.05, 0) is 57.2 Å². The maximum absolute atomic E-state index is 14.7. The van der Waals surface area contributed by atoms with Gasteiger partial charge in [-0.1, -0.05) is 29.9 Å². The lowest BCUT2D eigenvalue weighted by atomic mass is 9.73. The predicted octanol–water partition coefficient (Wildman–Crippen LogP) is 4.96. The summed E-state index contributed by atoms with van der Waals surface area (Å²) in [5, 5.41) is 18.3. The van der Waals surface area contributed by atoms with E-state index in [1.165, 1.54) is 22.2 Å². The third-order valence-electron chi connectivity index (χ3n) is 10.8. The SMILES string of the molecule is Cc1nc(N2CCOCC2)sc1-c1nc2n(CC(=O)Nc3ccc(C(F)(F)F)cc3Cl)c3c(c(=O)n2n1)C1(CCN(C(=O)c2ncnc(C)c2O)CC1)C[C@@H]3C. The largest absolute Gasteiger partial charge is 0.504 e. The minimum atomic E-state index is -4.62. The van der Waals surface area contributed by atoms with Crippen LogP contribution in [0, 0.1) is 13.8 Å². The molecular formula is C36H36ClF3N10O5S. The van der Waals surface area contributed by atoms with E-state index in [0.29, 0.717) is 67.4 Å². The molecule has 2 N–H and O–H groups in total. The first-order chi connectivity index (χ1) is 26.6. The van der Waals surface area contributed by atoms with Crippen LogP contribution < -0.4 is 15.8 Å². The second kappa shape index (κ2) is 14.1. The highest BCUT2D eigenvalue weighted by atomic mass is 35.5. The number of nitrogens with zero attached hydrogens (tertiary/aromatic N) is 9. The van der Waals surface area contributed by atoms with Crippen LogP contribution in [0.2, 0.25) is 5.02 Å². The molecule has 0 unspecified atom stereocenters. The Labute approximate surface area is 326 Å². The Hall–Kier alpha value is -5.14. The number of morpholine rings is 1. The van der Waals surface area contributed by atoms with Gasteiger partial charge in [0.1, 0.15) is 12.9 Å². The van der Waals surface area contributed by atoms with E-state index < -0.39 is 29.0 Å². The number of ether oxygens (including phenoxy) is 1. The number of benzene rings is 1. The first kappa shape index (κ1) is 37.8. The van der Waals surface area contributed by atoms with Crippen molar-refractivity contribution in [2.45, 2.75) is 64.1 Å². The van der Waals surface area contributed by atoms with Crippen molar-refractivity contribution in [1.82, 2.24) is 39.0 Å². The van der Waals surface area contributed by atoms with Crippen molar-refractivity contribution < 1.29 is 32.6 Å². The summed E-state index contributed by atoms with van der Waals surface area (Å²) in [4.78, 5) is 63.9. The molecule has 294 valence electrons. The van der Waals surface area contributed by atoms with Crippen molar-refractivity contribution in [1.29, 1.82) is 0 Å². The van der Waals surface area contributed by atoms with Crippen LogP contribution in [-0.2, 0) is 27.7 Å². The molecule has 56 heavy (non-hydrogen) atoms. The number of piperidine rings is 1. The fraction of sp³-hybridized carbons (Fsp3) is 0.444. The molecule has 3 aliphatic rings. The van der Waals surface area contributed by atoms with Crippen molar-refractivity contribution in [2.24, 2.45) is 0 Å². The van der Waals surface area contributed by atoms with E-state index in [9.17, 15) is 32.7 Å². The molecule has 2 saturated heterocycles. The molecule has 1 atom stereocenters. The van der Waals surface area contributed by atoms with Crippen LogP contribution in [0.1, 0.15) is 70.8 Å². The average molecular weight is 813 g/mol. The van der Waals surface area contributed by atoms with Gasteiger partial charge in [-0.3, -0.25) is 14.4 Å². The maximum Gasteiger partial charge on any atom is 0.416 e. The molecule has 5 aromatic rings. The number of halogens is 4. The molecule has 0 saturated carbocycles. The number of aryl methyl sites for hydroxylation is 2. The molecule has 2 fully saturated rings. The summed E-state index contributed by atoms with van der Waals surface area (Å²) in [7, 11) is 0. The number of aromatic hydroxyl groups is 1. The lowest BCUT2D eigenvalue weighted by Gasteiger charge is -2.39. The van der Waals surface area contributed by atoms with Gasteiger partial charge in [-0.15, -0.1) is 5.10 Å². The maximum atomic E-state index is 14.7. The monoisotopic (exact) mass is 812 g/mol. The Morgan fingerprint density at radius 3 is 2.52 bits per heavy atom. The molecule has 0 bridgehead atoms. The Morgan fingerprint density at radius 2 is 1.82 bits per heavy atom. The predicted molar refractivity (Wildman–Crippen MR) is 199 cm³/mol. The van der Waals surface area contributed by atoms with Crippen LogP contribution in [-0.4, -0.2) is 95.3 Å². The molecule has 1 spiro atoms. The fourth-order valence-corrected chi connectivity index (χ4v) is 9.37. The molecule has 0 radical (unpaired) electrons. The van der Waals surface area contributed by atoms with Gasteiger partial charge in [-0.25, -0.2) is 15.0 Å². The lowest BCUT2D eigenvalue weighted by molar-refractivity contribution is -0.137. The van der Waals surface area contributed by atoms with Crippen molar-refractivity contribution in [3.63, 3.8) is 0 Å². The molecule has 8 rings (SSSR count). The number of anilines is 2. The molecular weight excluding hydrogens is 777 g/mol. The van der Waals surface area contributed by atoms with Crippen molar-refractivity contribution in [3.8, 4) is 16.5 Å². The van der Waals surface area contributed by atoms with Gasteiger partial charge in [0, 0.05) is 42.9 Å². The summed E-state index contributed by atoms with van der Waals surface area (Å²) in [5.74, 6) is -1.21. The quantitative estimate of drug-likeness (QED) is 0.238. The Kier molecular flexibility index (Phi) is 9.51. The number of hydrogen-bond donors (Lipinski definition) is 2. The highest BCUT2D eigenvalue weighted by Gasteiger charge is 2.49. The van der Waals surface area contributed by atoms with E-state index in [1.54, 1.807) is 16.4 Å². The normalized spacial score (nSPS) is 18.2. The van der Waals surface area contributed by atoms with E-state index in [2.05, 4.69) is 20.2 Å². The van der Waals surface area contributed by atoms with E-state index in [0.717, 1.165) is 23.3 Å². The second-order valence-corrected chi connectivity index (χ2v) is 15.8. The van der Waals surface area contributed by atoms with Crippen LogP contribution in [0.5, 0.6) is 5.75 Å². The van der Waals surface area contributed by atoms with E-state index >= 15 is 0 Å². The van der Waals surface area contributed by atoms with Crippen LogP contribution in [0.3, 0.4) is 0 Å². The number of carbonyl (C=O) groups is 2. The molecule has 20 heteroatoms. The van der Waals surface area contributed by atoms with Gasteiger partial charge in [0.05, 0.1) is 45.8 Å². The number of hydrogen-bond acceptors (Lipinski definition) is 12. The number of amides is 2. The topological polar surface area (TPSA) is 173 Å². The summed E-state index contributed by atoms with van der Waals surface area (Å²) in [6, 6.07) is 2.67. The number of nitrogens with one attached hydrogen (secondary N) is 1. The Morgan fingerprint density at radius 1 is 1.09 bits per heavy atom. The van der Waals surface area contributed by atoms with Crippen LogP contribution in [0.4, 0.5) is 24.0 Å². The standard InChI is InChI=1S/C36H36ClF3N10O5S/c1-18-15-35(6-8-47(9-7-35)32(54)26-28(52)19(2)41-17-42-26)25-27(18)49(16-24(51)44-23-5-4-21(14-22(23)37)36(38,39)40)33-45-30(46-50(33)31(25)53)29-20(3)43-34(56-29)48-10-12-55-13-11-48/h4-5,14,17-18,52H,6-13,15-16H2,1-3H3,(H,44,51)/t18-/m0/s1. The van der Waals surface area contributed by atoms with Gasteiger partial charge >= 0.3 is 6.18 Å². The molecule has 2 aliphatic heterocycles. The molecule has 2 amide bonds. The zero-order valence-electron chi connectivity index (χ0n) is 30.5. The minimum absolute atomic E-state index is 0.0112. The van der Waals surface area contributed by atoms with E-state index in [1.807, 2.05) is 13.8 Å². The lowest BCUT2D eigenvalue weighted by Crippen LogP contribution is -2.46. The number of rotatable bonds is 6. The number of thiazole rings is 1. The van der Waals surface area contributed by atoms with Gasteiger partial charge < -0.3 is 29.5 Å². The van der Waals surface area contributed by atoms with E-state index in [-0.39, 0.29) is 70.6 Å². The summed E-state index contributed by atoms with van der Waals surface area (Å²) in [6.45, 7) is 8.03. The van der Waals surface area contributed by atoms with Crippen LogP contribution in [0.15, 0.2) is 29.3 Å². The van der Waals surface area contributed by atoms with Gasteiger partial charge in [-0.2, -0.15) is 22.7 Å². The Bertz CT molecular complexity index is 2450. The summed E-state index contributed by atoms with van der Waals surface area (Å²) < 4.78 is 48.3.